The van der Waals surface area contributed by atoms with Gasteiger partial charge in [-0.3, -0.25) is 9.69 Å². The highest BCUT2D eigenvalue weighted by Gasteiger charge is 2.27. The first-order valence-corrected chi connectivity index (χ1v) is 7.29. The van der Waals surface area contributed by atoms with Crippen molar-refractivity contribution >= 4 is 11.9 Å². The molecule has 2 rings (SSSR count). The zero-order chi connectivity index (χ0) is 14.4. The number of benzene rings is 1. The predicted octanol–water partition coefficient (Wildman–Crippen LogP) is 2.59. The summed E-state index contributed by atoms with van der Waals surface area (Å²) in [4.78, 5) is 24.1. The first kappa shape index (κ1) is 14.6. The maximum atomic E-state index is 11.4. The summed E-state index contributed by atoms with van der Waals surface area (Å²) in [5.74, 6) is 0.521. The van der Waals surface area contributed by atoms with Crippen molar-refractivity contribution in [3.8, 4) is 0 Å². The molecule has 3 amide bonds. The zero-order valence-corrected chi connectivity index (χ0v) is 12.0. The standard InChI is InChI=1S/C16H22N2O2/c1-13(11-14-8-3-2-4-9-14)7-5-6-10-18-15(19)12-17-16(18)20/h2-4,8-9,13H,5-7,10-12H2,1H3,(H,17,20). The van der Waals surface area contributed by atoms with E-state index in [4.69, 9.17) is 0 Å². The summed E-state index contributed by atoms with van der Waals surface area (Å²) >= 11 is 0. The Balaban J connectivity index is 1.63. The molecule has 1 aromatic carbocycles. The number of carbonyl (C=O) groups is 2. The molecular formula is C16H22N2O2. The van der Waals surface area contributed by atoms with E-state index in [2.05, 4.69) is 36.5 Å². The van der Waals surface area contributed by atoms with Gasteiger partial charge in [-0.1, -0.05) is 50.1 Å². The van der Waals surface area contributed by atoms with E-state index in [0.717, 1.165) is 25.7 Å². The van der Waals surface area contributed by atoms with Crippen molar-refractivity contribution in [2.45, 2.75) is 32.6 Å². The fourth-order valence-electron chi connectivity index (χ4n) is 2.56. The van der Waals surface area contributed by atoms with E-state index in [-0.39, 0.29) is 18.5 Å². The highest BCUT2D eigenvalue weighted by molar-refractivity contribution is 6.01. The highest BCUT2D eigenvalue weighted by atomic mass is 16.2. The van der Waals surface area contributed by atoms with Gasteiger partial charge in [-0.2, -0.15) is 0 Å². The van der Waals surface area contributed by atoms with Gasteiger partial charge in [0.25, 0.3) is 0 Å². The minimum Gasteiger partial charge on any atom is -0.329 e. The van der Waals surface area contributed by atoms with Crippen molar-refractivity contribution in [2.75, 3.05) is 13.1 Å². The molecular weight excluding hydrogens is 252 g/mol. The summed E-state index contributed by atoms with van der Waals surface area (Å²) in [6.45, 7) is 2.95. The average molecular weight is 274 g/mol. The van der Waals surface area contributed by atoms with Crippen molar-refractivity contribution < 1.29 is 9.59 Å². The molecule has 0 spiro atoms. The summed E-state index contributed by atoms with van der Waals surface area (Å²) in [6.07, 6.45) is 4.14. The quantitative estimate of drug-likeness (QED) is 0.613. The fourth-order valence-corrected chi connectivity index (χ4v) is 2.56. The highest BCUT2D eigenvalue weighted by Crippen LogP contribution is 2.15. The molecule has 1 unspecified atom stereocenters. The number of hydrogen-bond donors (Lipinski definition) is 1. The van der Waals surface area contributed by atoms with Gasteiger partial charge in [0, 0.05) is 6.54 Å². The topological polar surface area (TPSA) is 49.4 Å². The normalized spacial score (nSPS) is 16.4. The predicted molar refractivity (Wildman–Crippen MR) is 78.3 cm³/mol. The summed E-state index contributed by atoms with van der Waals surface area (Å²) in [7, 11) is 0. The molecule has 0 bridgehead atoms. The van der Waals surface area contributed by atoms with Gasteiger partial charge in [0.15, 0.2) is 0 Å². The van der Waals surface area contributed by atoms with Crippen LogP contribution in [0.4, 0.5) is 4.79 Å². The van der Waals surface area contributed by atoms with E-state index >= 15 is 0 Å². The van der Waals surface area contributed by atoms with Gasteiger partial charge in [0.2, 0.25) is 5.91 Å². The molecule has 1 aromatic rings. The minimum absolute atomic E-state index is 0.104. The summed E-state index contributed by atoms with van der Waals surface area (Å²) in [5, 5.41) is 2.54. The monoisotopic (exact) mass is 274 g/mol. The molecule has 20 heavy (non-hydrogen) atoms. The molecule has 1 aliphatic heterocycles. The van der Waals surface area contributed by atoms with Crippen LogP contribution in [0.1, 0.15) is 31.7 Å². The van der Waals surface area contributed by atoms with Crippen molar-refractivity contribution in [3.05, 3.63) is 35.9 Å². The van der Waals surface area contributed by atoms with Crippen molar-refractivity contribution in [1.82, 2.24) is 10.2 Å². The molecule has 4 heteroatoms. The number of nitrogens with one attached hydrogen (secondary N) is 1. The molecule has 1 saturated heterocycles. The third-order valence-electron chi connectivity index (χ3n) is 3.69. The SMILES string of the molecule is CC(CCCCN1C(=O)CNC1=O)Cc1ccccc1. The van der Waals surface area contributed by atoms with Crippen molar-refractivity contribution in [2.24, 2.45) is 5.92 Å². The molecule has 0 saturated carbocycles. The van der Waals surface area contributed by atoms with Crippen LogP contribution in [0.15, 0.2) is 30.3 Å². The van der Waals surface area contributed by atoms with E-state index in [9.17, 15) is 9.59 Å². The lowest BCUT2D eigenvalue weighted by atomic mass is 9.96. The molecule has 4 nitrogen and oxygen atoms in total. The minimum atomic E-state index is -0.243. The molecule has 1 heterocycles. The van der Waals surface area contributed by atoms with E-state index < -0.39 is 0 Å². The third kappa shape index (κ3) is 4.08. The van der Waals surface area contributed by atoms with Crippen LogP contribution in [-0.4, -0.2) is 29.9 Å². The van der Waals surface area contributed by atoms with E-state index in [1.165, 1.54) is 10.5 Å². The zero-order valence-electron chi connectivity index (χ0n) is 12.0. The van der Waals surface area contributed by atoms with Crippen LogP contribution in [0.3, 0.4) is 0 Å². The molecule has 1 aliphatic rings. The summed E-state index contributed by atoms with van der Waals surface area (Å²) < 4.78 is 0. The first-order chi connectivity index (χ1) is 9.66. The maximum absolute atomic E-state index is 11.4. The third-order valence-corrected chi connectivity index (χ3v) is 3.69. The lowest BCUT2D eigenvalue weighted by Gasteiger charge is -2.14. The Bertz CT molecular complexity index is 443. The Morgan fingerprint density at radius 3 is 2.60 bits per heavy atom. The van der Waals surface area contributed by atoms with Gasteiger partial charge >= 0.3 is 6.03 Å². The van der Waals surface area contributed by atoms with Crippen LogP contribution < -0.4 is 5.32 Å². The van der Waals surface area contributed by atoms with Gasteiger partial charge in [-0.05, 0) is 24.3 Å². The Labute approximate surface area is 120 Å². The Morgan fingerprint density at radius 1 is 1.20 bits per heavy atom. The maximum Gasteiger partial charge on any atom is 0.324 e. The van der Waals surface area contributed by atoms with Gasteiger partial charge in [0.05, 0.1) is 6.54 Å². The van der Waals surface area contributed by atoms with E-state index in [1.807, 2.05) is 6.07 Å². The molecule has 1 fully saturated rings. The second-order valence-electron chi connectivity index (χ2n) is 5.49. The number of amides is 3. The van der Waals surface area contributed by atoms with Gasteiger partial charge < -0.3 is 5.32 Å². The molecule has 0 aliphatic carbocycles. The second-order valence-corrected chi connectivity index (χ2v) is 5.49. The van der Waals surface area contributed by atoms with Crippen LogP contribution in [0.2, 0.25) is 0 Å². The molecule has 0 aromatic heterocycles. The second kappa shape index (κ2) is 7.08. The number of nitrogens with zero attached hydrogens (tertiary/aromatic N) is 1. The Hall–Kier alpha value is -1.84. The number of urea groups is 1. The lowest BCUT2D eigenvalue weighted by Crippen LogP contribution is -2.31. The van der Waals surface area contributed by atoms with Gasteiger partial charge in [0.1, 0.15) is 0 Å². The van der Waals surface area contributed by atoms with Crippen LogP contribution in [0.25, 0.3) is 0 Å². The number of hydrogen-bond acceptors (Lipinski definition) is 2. The van der Waals surface area contributed by atoms with Crippen molar-refractivity contribution in [3.63, 3.8) is 0 Å². The van der Waals surface area contributed by atoms with Crippen LogP contribution in [0.5, 0.6) is 0 Å². The molecule has 0 radical (unpaired) electrons. The summed E-state index contributed by atoms with van der Waals surface area (Å²) in [6, 6.07) is 10.2. The fraction of sp³-hybridized carbons (Fsp3) is 0.500. The Kier molecular flexibility index (Phi) is 5.16. The van der Waals surface area contributed by atoms with Crippen molar-refractivity contribution in [1.29, 1.82) is 0 Å². The summed E-state index contributed by atoms with van der Waals surface area (Å²) in [5.41, 5.74) is 1.37. The van der Waals surface area contributed by atoms with Crippen LogP contribution >= 0.6 is 0 Å². The largest absolute Gasteiger partial charge is 0.329 e. The van der Waals surface area contributed by atoms with E-state index in [0.29, 0.717) is 12.5 Å². The van der Waals surface area contributed by atoms with Gasteiger partial charge in [-0.25, -0.2) is 4.79 Å². The number of carbonyl (C=O) groups excluding carboxylic acids is 2. The van der Waals surface area contributed by atoms with Crippen LogP contribution in [0, 0.1) is 5.92 Å². The van der Waals surface area contributed by atoms with Crippen LogP contribution in [-0.2, 0) is 11.2 Å². The van der Waals surface area contributed by atoms with E-state index in [1.54, 1.807) is 0 Å². The number of imide groups is 1. The molecule has 1 N–H and O–H groups in total. The average Bonchev–Trinajstić information content (AvgIpc) is 2.76. The van der Waals surface area contributed by atoms with Gasteiger partial charge in [-0.15, -0.1) is 0 Å². The molecule has 1 atom stereocenters. The number of rotatable bonds is 7. The molecule has 108 valence electrons. The Morgan fingerprint density at radius 2 is 1.95 bits per heavy atom. The smallest absolute Gasteiger partial charge is 0.324 e. The number of unbranched alkanes of at least 4 members (excludes halogenated alkanes) is 1. The lowest BCUT2D eigenvalue weighted by molar-refractivity contribution is -0.125. The first-order valence-electron chi connectivity index (χ1n) is 7.29.